The minimum Gasteiger partial charge on any atom is -0.478 e. The highest BCUT2D eigenvalue weighted by Gasteiger charge is 2.26. The molecule has 10 nitrogen and oxygen atoms in total. The number of carboxylic acids is 3. The van der Waals surface area contributed by atoms with Gasteiger partial charge in [-0.2, -0.15) is 0 Å². The second-order valence-corrected chi connectivity index (χ2v) is 4.81. The summed E-state index contributed by atoms with van der Waals surface area (Å²) in [6.45, 7) is -1.62. The molecule has 0 fully saturated rings. The Balaban J connectivity index is 0.000000506. The molecule has 134 valence electrons. The number of carboxylic acid groups (broad SMARTS) is 3. The van der Waals surface area contributed by atoms with Gasteiger partial charge in [0.15, 0.2) is 0 Å². The molecule has 7 N–H and O–H groups in total. The van der Waals surface area contributed by atoms with E-state index in [0.29, 0.717) is 0 Å². The minimum absolute atomic E-state index is 0.266. The number of rotatable bonds is 7. The van der Waals surface area contributed by atoms with Crippen LogP contribution in [0.15, 0.2) is 18.2 Å². The standard InChI is InChI=1S/C9H6O6.C5H12O4/c10-7(11)4-1-2-5(8(12)13)6(3-4)9(14)15;6-1-5(2-7,3-8)4-9/h1-3H,(H,10,11)(H,12,13)(H,14,15);6-9H,1-4H2. The number of benzene rings is 1. The van der Waals surface area contributed by atoms with E-state index in [1.807, 2.05) is 0 Å². The summed E-state index contributed by atoms with van der Waals surface area (Å²) < 4.78 is 0. The zero-order valence-corrected chi connectivity index (χ0v) is 12.4. The van der Waals surface area contributed by atoms with Gasteiger partial charge in [0, 0.05) is 0 Å². The monoisotopic (exact) mass is 346 g/mol. The van der Waals surface area contributed by atoms with E-state index in [0.717, 1.165) is 18.2 Å². The minimum atomic E-state index is -1.48. The van der Waals surface area contributed by atoms with Crippen molar-refractivity contribution in [1.29, 1.82) is 0 Å². The van der Waals surface area contributed by atoms with Gasteiger partial charge in [0.2, 0.25) is 0 Å². The Morgan fingerprint density at radius 1 is 0.708 bits per heavy atom. The van der Waals surface area contributed by atoms with E-state index in [1.165, 1.54) is 0 Å². The number of aliphatic hydroxyl groups excluding tert-OH is 4. The van der Waals surface area contributed by atoms with Crippen LogP contribution in [0.4, 0.5) is 0 Å². The first-order valence-corrected chi connectivity index (χ1v) is 6.45. The molecule has 0 aliphatic rings. The lowest BCUT2D eigenvalue weighted by molar-refractivity contribution is -0.0328. The van der Waals surface area contributed by atoms with Crippen LogP contribution >= 0.6 is 0 Å². The van der Waals surface area contributed by atoms with Crippen LogP contribution in [0.1, 0.15) is 31.1 Å². The molecule has 0 unspecified atom stereocenters. The zero-order valence-electron chi connectivity index (χ0n) is 12.4. The first kappa shape index (κ1) is 21.5. The Morgan fingerprint density at radius 3 is 1.38 bits per heavy atom. The van der Waals surface area contributed by atoms with Gasteiger partial charge >= 0.3 is 17.9 Å². The summed E-state index contributed by atoms with van der Waals surface area (Å²) in [6.07, 6.45) is 0. The fourth-order valence-electron chi connectivity index (χ4n) is 1.34. The van der Waals surface area contributed by atoms with Crippen LogP contribution in [0, 0.1) is 5.41 Å². The lowest BCUT2D eigenvalue weighted by atomic mass is 9.93. The number of hydrogen-bond acceptors (Lipinski definition) is 7. The first-order chi connectivity index (χ1) is 11.2. The molecule has 0 aliphatic heterocycles. The van der Waals surface area contributed by atoms with Crippen molar-refractivity contribution in [2.45, 2.75) is 0 Å². The van der Waals surface area contributed by atoms with Gasteiger partial charge < -0.3 is 35.7 Å². The van der Waals surface area contributed by atoms with E-state index in [2.05, 4.69) is 0 Å². The fourth-order valence-corrected chi connectivity index (χ4v) is 1.34. The van der Waals surface area contributed by atoms with Crippen molar-refractivity contribution in [2.75, 3.05) is 26.4 Å². The Labute approximate surface area is 135 Å². The molecule has 0 aliphatic carbocycles. The van der Waals surface area contributed by atoms with Gasteiger partial charge in [0.1, 0.15) is 0 Å². The van der Waals surface area contributed by atoms with Crippen LogP contribution in [-0.2, 0) is 0 Å². The van der Waals surface area contributed by atoms with E-state index in [-0.39, 0.29) is 5.56 Å². The van der Waals surface area contributed by atoms with Gasteiger partial charge in [-0.3, -0.25) is 0 Å². The molecule has 0 spiro atoms. The molecule has 1 aromatic carbocycles. The van der Waals surface area contributed by atoms with E-state index in [1.54, 1.807) is 0 Å². The predicted octanol–water partition coefficient (Wildman–Crippen LogP) is -1.28. The fraction of sp³-hybridized carbons (Fsp3) is 0.357. The number of carbonyl (C=O) groups is 3. The Bertz CT molecular complexity index is 574. The van der Waals surface area contributed by atoms with Crippen molar-refractivity contribution in [2.24, 2.45) is 5.41 Å². The molecular formula is C14H18O10. The number of hydrogen-bond donors (Lipinski definition) is 7. The Morgan fingerprint density at radius 2 is 1.12 bits per heavy atom. The average Bonchev–Trinajstić information content (AvgIpc) is 2.57. The van der Waals surface area contributed by atoms with Crippen molar-refractivity contribution < 1.29 is 50.1 Å². The molecule has 0 heterocycles. The van der Waals surface area contributed by atoms with Crippen LogP contribution in [0.5, 0.6) is 0 Å². The molecule has 24 heavy (non-hydrogen) atoms. The predicted molar refractivity (Wildman–Crippen MR) is 78.1 cm³/mol. The lowest BCUT2D eigenvalue weighted by Crippen LogP contribution is -2.37. The van der Waals surface area contributed by atoms with Crippen molar-refractivity contribution in [3.8, 4) is 0 Å². The molecule has 0 bridgehead atoms. The average molecular weight is 346 g/mol. The molecule has 0 saturated heterocycles. The molecule has 1 aromatic rings. The van der Waals surface area contributed by atoms with E-state index < -0.39 is 60.9 Å². The van der Waals surface area contributed by atoms with Crippen LogP contribution in [0.3, 0.4) is 0 Å². The highest BCUT2D eigenvalue weighted by molar-refractivity contribution is 6.03. The smallest absolute Gasteiger partial charge is 0.336 e. The summed E-state index contributed by atoms with van der Waals surface area (Å²) >= 11 is 0. The maximum absolute atomic E-state index is 10.6. The van der Waals surface area contributed by atoms with Crippen LogP contribution in [0.25, 0.3) is 0 Å². The molecule has 0 radical (unpaired) electrons. The van der Waals surface area contributed by atoms with Gasteiger partial charge in [-0.05, 0) is 18.2 Å². The van der Waals surface area contributed by atoms with Gasteiger partial charge in [0.25, 0.3) is 0 Å². The SMILES string of the molecule is O=C(O)c1ccc(C(=O)O)c(C(=O)O)c1.OCC(CO)(CO)CO. The molecule has 1 rings (SSSR count). The molecule has 0 atom stereocenters. The van der Waals surface area contributed by atoms with E-state index >= 15 is 0 Å². The maximum atomic E-state index is 10.6. The molecule has 0 amide bonds. The third-order valence-electron chi connectivity index (χ3n) is 3.07. The largest absolute Gasteiger partial charge is 0.478 e. The topological polar surface area (TPSA) is 193 Å². The van der Waals surface area contributed by atoms with Crippen LogP contribution in [0.2, 0.25) is 0 Å². The van der Waals surface area contributed by atoms with Crippen molar-refractivity contribution >= 4 is 17.9 Å². The zero-order chi connectivity index (χ0) is 18.9. The van der Waals surface area contributed by atoms with Crippen molar-refractivity contribution in [3.63, 3.8) is 0 Å². The third-order valence-corrected chi connectivity index (χ3v) is 3.07. The summed E-state index contributed by atoms with van der Waals surface area (Å²) in [6, 6.07) is 2.81. The third kappa shape index (κ3) is 5.59. The van der Waals surface area contributed by atoms with Gasteiger partial charge in [-0.25, -0.2) is 14.4 Å². The maximum Gasteiger partial charge on any atom is 0.336 e. The van der Waals surface area contributed by atoms with Crippen molar-refractivity contribution in [1.82, 2.24) is 0 Å². The lowest BCUT2D eigenvalue weighted by Gasteiger charge is -2.23. The Hall–Kier alpha value is -2.53. The highest BCUT2D eigenvalue weighted by atomic mass is 16.4. The molecule has 0 saturated carbocycles. The summed E-state index contributed by atoms with van der Waals surface area (Å²) in [5, 5.41) is 59.9. The van der Waals surface area contributed by atoms with Crippen LogP contribution < -0.4 is 0 Å². The molecule has 0 aromatic heterocycles. The quantitative estimate of drug-likeness (QED) is 0.313. The number of aliphatic hydroxyl groups is 4. The highest BCUT2D eigenvalue weighted by Crippen LogP contribution is 2.13. The van der Waals surface area contributed by atoms with Crippen molar-refractivity contribution in [3.05, 3.63) is 34.9 Å². The van der Waals surface area contributed by atoms with Crippen LogP contribution in [-0.4, -0.2) is 80.1 Å². The molecular weight excluding hydrogens is 328 g/mol. The second-order valence-electron chi connectivity index (χ2n) is 4.81. The number of aromatic carboxylic acids is 3. The summed E-state index contributed by atoms with van der Waals surface area (Å²) in [5.74, 6) is -4.20. The normalized spacial score (nSPS) is 10.5. The summed E-state index contributed by atoms with van der Waals surface area (Å²) in [4.78, 5) is 31.8. The van der Waals surface area contributed by atoms with E-state index in [4.69, 9.17) is 35.7 Å². The first-order valence-electron chi connectivity index (χ1n) is 6.45. The van der Waals surface area contributed by atoms with Gasteiger partial charge in [0.05, 0.1) is 48.5 Å². The summed E-state index contributed by atoms with van der Waals surface area (Å²) in [5.41, 5.74) is -2.35. The van der Waals surface area contributed by atoms with Gasteiger partial charge in [-0.1, -0.05) is 0 Å². The van der Waals surface area contributed by atoms with E-state index in [9.17, 15) is 14.4 Å². The second kappa shape index (κ2) is 9.57. The Kier molecular flexibility index (Phi) is 8.56. The van der Waals surface area contributed by atoms with Gasteiger partial charge in [-0.15, -0.1) is 0 Å². The molecule has 10 heteroatoms. The summed E-state index contributed by atoms with van der Waals surface area (Å²) in [7, 11) is 0.